The number of fused-ring (bicyclic) bond motifs is 5. The van der Waals surface area contributed by atoms with Gasteiger partial charge in [0.25, 0.3) is 0 Å². The first kappa shape index (κ1) is 41.8. The molecule has 15 aromatic rings. The van der Waals surface area contributed by atoms with Crippen LogP contribution in [0.25, 0.3) is 127 Å². The largest absolute Gasteiger partial charge is 0.510 e. The third kappa shape index (κ3) is 10.2. The zero-order chi connectivity index (χ0) is 69.0. The number of benzene rings is 10. The molecule has 0 saturated heterocycles. The zero-order valence-electron chi connectivity index (χ0n) is 61.4. The van der Waals surface area contributed by atoms with Gasteiger partial charge in [-0.15, -0.1) is 29.1 Å². The monoisotopic (exact) mass is 1300 g/mol. The first-order chi connectivity index (χ1) is 45.9. The molecule has 5 aromatic heterocycles. The number of hydrogen-bond acceptors (Lipinski definition) is 3. The van der Waals surface area contributed by atoms with Crippen LogP contribution >= 0.6 is 0 Å². The third-order valence-corrected chi connectivity index (χ3v) is 15.6. The van der Waals surface area contributed by atoms with Gasteiger partial charge in [0.05, 0.1) is 17.8 Å². The molecule has 0 aliphatic carbocycles. The Bertz CT molecular complexity index is 5830. The second-order valence-electron chi connectivity index (χ2n) is 24.4. The van der Waals surface area contributed by atoms with E-state index in [0.29, 0.717) is 44.4 Å². The van der Waals surface area contributed by atoms with E-state index in [1.165, 1.54) is 0 Å². The van der Waals surface area contributed by atoms with Crippen LogP contribution in [0, 0.1) is 12.1 Å². The summed E-state index contributed by atoms with van der Waals surface area (Å²) in [4.78, 5) is 5.14. The number of imidazole rings is 1. The minimum absolute atomic E-state index is 0. The van der Waals surface area contributed by atoms with E-state index in [1.54, 1.807) is 28.8 Å². The molecule has 0 unspecified atom stereocenters. The molecule has 10 bridgehead atoms. The molecule has 10 aromatic carbocycles. The molecule has 0 atom stereocenters. The van der Waals surface area contributed by atoms with Gasteiger partial charge in [-0.3, -0.25) is 0 Å². The van der Waals surface area contributed by atoms with E-state index >= 15 is 0 Å². The Labute approximate surface area is 528 Å². The van der Waals surface area contributed by atoms with Crippen LogP contribution in [0.4, 0.5) is 0 Å². The Morgan fingerprint density at radius 3 is 1.87 bits per heavy atom. The van der Waals surface area contributed by atoms with Crippen LogP contribution in [0.15, 0.2) is 239 Å². The smallest absolute Gasteiger partial charge is 0.135 e. The molecule has 6 heterocycles. The number of pyridine rings is 1. The van der Waals surface area contributed by atoms with Gasteiger partial charge in [-0.25, -0.2) is 4.98 Å². The quantitative estimate of drug-likeness (QED) is 0.166. The van der Waals surface area contributed by atoms with E-state index in [4.69, 9.17) is 24.8 Å². The van der Waals surface area contributed by atoms with Gasteiger partial charge < -0.3 is 22.4 Å². The van der Waals surface area contributed by atoms with Crippen molar-refractivity contribution < 1.29 is 47.7 Å². The van der Waals surface area contributed by atoms with Gasteiger partial charge >= 0.3 is 0 Å². The maximum Gasteiger partial charge on any atom is 0.135 e. The summed E-state index contributed by atoms with van der Waals surface area (Å²) < 4.78 is 137. The molecular formula is C78H65N4O2Pt-3. The van der Waals surface area contributed by atoms with Crippen molar-refractivity contribution in [3.05, 3.63) is 259 Å². The molecule has 0 fully saturated rings. The molecule has 0 saturated carbocycles. The van der Waals surface area contributed by atoms with Crippen molar-refractivity contribution >= 4 is 82.4 Å². The summed E-state index contributed by atoms with van der Waals surface area (Å²) in [5, 5.41) is 3.80. The maximum atomic E-state index is 10.0. The maximum absolute atomic E-state index is 10.0. The van der Waals surface area contributed by atoms with E-state index in [1.807, 2.05) is 108 Å². The fourth-order valence-electron chi connectivity index (χ4n) is 11.3. The van der Waals surface area contributed by atoms with Crippen molar-refractivity contribution in [2.45, 2.75) is 78.6 Å². The predicted octanol–water partition coefficient (Wildman–Crippen LogP) is 21.2. The van der Waals surface area contributed by atoms with E-state index < -0.39 is 70.6 Å². The number of para-hydroxylation sites is 3. The van der Waals surface area contributed by atoms with Crippen molar-refractivity contribution in [1.29, 1.82) is 0 Å². The van der Waals surface area contributed by atoms with Crippen molar-refractivity contribution in [2.75, 3.05) is 0 Å². The topological polar surface area (TPSA) is 53.4 Å². The summed E-state index contributed by atoms with van der Waals surface area (Å²) in [5.74, 6) is 0. The van der Waals surface area contributed by atoms with Gasteiger partial charge in [-0.1, -0.05) is 219 Å². The second-order valence-corrected chi connectivity index (χ2v) is 24.4. The van der Waals surface area contributed by atoms with Crippen LogP contribution in [0.5, 0.6) is 0 Å². The standard InChI is InChI=1S/C78H65N4O2.Pt/c1-76(2,3)56-40-54(51-23-14-11-15-24-51)39-55(41-56)65-43-57(77(4,5)6)44-66-64-27-16-19-30-73(64)84-59-34-31-52(32-35-59)67-48-79-74(47-68(67)78(7,8)9)82-71-42-53(50-21-12-10-13-22-50)33-37-62(71)63-38-36-61(46-72(63)82)83-60-26-20-25-58(45-60)80-49-81(75(65)66)70-29-18-17-28-69(70)80;/h10-44,47-49H,1-9H3;/q-3;/i10D,11D,12D,13D,14D,15D,21D,22D,23D,24D,33D,37D,42D;. The van der Waals surface area contributed by atoms with Crippen molar-refractivity contribution in [1.82, 2.24) is 18.5 Å². The van der Waals surface area contributed by atoms with Crippen molar-refractivity contribution in [2.24, 2.45) is 0 Å². The average Bonchev–Trinajstić information content (AvgIpc) is 1.52. The minimum Gasteiger partial charge on any atom is -0.510 e. The van der Waals surface area contributed by atoms with E-state index in [2.05, 4.69) is 103 Å². The SMILES string of the molecule is [2H]c1c([2H])c([2H])c(-c2cc(-c3cc(C(C)(C)C)cc4c5ccccc5oc5ccc(cc5)c5cnc(cc5C(C)(C)C)n5c6[c-]c(ccc6c6c([2H])c([2H])c(-c7c([2H])c([2H])c([2H])c([2H])c7[2H])c([2H])c65)oc5[c-]c(ccc5)n5[cH-]n(c34)-c3ccccc3-5)cc(C(C)(C)C)c2)c([2H])c1[2H].[Pt]. The summed E-state index contributed by atoms with van der Waals surface area (Å²) in [6, 6.07) is 45.9. The molecule has 1 aliphatic heterocycles. The third-order valence-electron chi connectivity index (χ3n) is 15.6. The number of rotatable bonds is 3. The number of aromatic nitrogens is 4. The Morgan fingerprint density at radius 2 is 1.15 bits per heavy atom. The Hall–Kier alpha value is -9.09. The van der Waals surface area contributed by atoms with Crippen LogP contribution in [-0.4, -0.2) is 18.5 Å². The molecule has 0 radical (unpaired) electrons. The predicted molar refractivity (Wildman–Crippen MR) is 351 cm³/mol. The average molecular weight is 1300 g/mol. The Morgan fingerprint density at radius 1 is 0.494 bits per heavy atom. The number of hydrogen-bond donors (Lipinski definition) is 0. The van der Waals surface area contributed by atoms with Gasteiger partial charge in [-0.2, -0.15) is 24.3 Å². The van der Waals surface area contributed by atoms with Crippen molar-refractivity contribution in [3.8, 4) is 44.8 Å². The summed E-state index contributed by atoms with van der Waals surface area (Å²) >= 11 is 0. The van der Waals surface area contributed by atoms with Crippen molar-refractivity contribution in [3.63, 3.8) is 0 Å². The zero-order valence-corrected chi connectivity index (χ0v) is 50.6. The van der Waals surface area contributed by atoms with Gasteiger partial charge in [0.2, 0.25) is 0 Å². The Balaban J connectivity index is 0.00000864. The number of nitrogens with zero attached hydrogens (tertiary/aromatic N) is 4. The first-order valence-electron chi connectivity index (χ1n) is 34.5. The molecule has 16 rings (SSSR count). The molecular weight excluding hydrogens is 1220 g/mol. The molecule has 85 heavy (non-hydrogen) atoms. The summed E-state index contributed by atoms with van der Waals surface area (Å²) in [6.45, 7) is 19.0. The fraction of sp³-hybridized carbons (Fsp3) is 0.154. The summed E-state index contributed by atoms with van der Waals surface area (Å²) in [5.41, 5.74) is 8.00. The summed E-state index contributed by atoms with van der Waals surface area (Å²) in [7, 11) is 0. The fourth-order valence-corrected chi connectivity index (χ4v) is 11.3. The second kappa shape index (κ2) is 21.2. The first-order valence-corrected chi connectivity index (χ1v) is 28.0. The van der Waals surface area contributed by atoms with Crippen LogP contribution < -0.4 is 0 Å². The van der Waals surface area contributed by atoms with E-state index in [0.717, 1.165) is 66.3 Å². The molecule has 7 heteroatoms. The van der Waals surface area contributed by atoms with E-state index in [-0.39, 0.29) is 78.4 Å². The summed E-state index contributed by atoms with van der Waals surface area (Å²) in [6.07, 6.45) is 3.78. The molecule has 0 amide bonds. The normalized spacial score (nSPS) is 14.3. The van der Waals surface area contributed by atoms with Crippen LogP contribution in [0.1, 0.15) is 96.8 Å². The molecule has 6 nitrogen and oxygen atoms in total. The molecule has 1 aliphatic rings. The molecule has 0 spiro atoms. The van der Waals surface area contributed by atoms with Gasteiger partial charge in [-0.05, 0) is 136 Å². The van der Waals surface area contributed by atoms with Crippen LogP contribution in [0.2, 0.25) is 0 Å². The molecule has 422 valence electrons. The minimum atomic E-state index is -0.637. The van der Waals surface area contributed by atoms with Crippen LogP contribution in [0.3, 0.4) is 0 Å². The van der Waals surface area contributed by atoms with Gasteiger partial charge in [0, 0.05) is 61.0 Å². The van der Waals surface area contributed by atoms with Gasteiger partial charge in [0.1, 0.15) is 16.8 Å². The molecule has 0 N–H and O–H groups in total. The van der Waals surface area contributed by atoms with E-state index in [9.17, 15) is 6.85 Å². The van der Waals surface area contributed by atoms with Gasteiger partial charge in [0.15, 0.2) is 0 Å². The Kier molecular flexibility index (Phi) is 10.4. The van der Waals surface area contributed by atoms with Crippen LogP contribution in [-0.2, 0) is 37.3 Å².